The summed E-state index contributed by atoms with van der Waals surface area (Å²) >= 11 is 0. The zero-order valence-electron chi connectivity index (χ0n) is 16.1. The van der Waals surface area contributed by atoms with Gasteiger partial charge in [-0.1, -0.05) is 24.3 Å². The average Bonchev–Trinajstić information content (AvgIpc) is 2.67. The number of carbonyl (C=O) groups excluding carboxylic acids is 4. The second-order valence-corrected chi connectivity index (χ2v) is 6.68. The lowest BCUT2D eigenvalue weighted by molar-refractivity contribution is -0.153. The minimum Gasteiger partial charge on any atom is -0.452 e. The van der Waals surface area contributed by atoms with Crippen LogP contribution in [0.4, 0.5) is 17.1 Å². The maximum atomic E-state index is 12.8. The van der Waals surface area contributed by atoms with E-state index in [1.807, 2.05) is 0 Å². The number of rotatable bonds is 5. The molecule has 0 fully saturated rings. The largest absolute Gasteiger partial charge is 0.452 e. The van der Waals surface area contributed by atoms with Crippen molar-refractivity contribution in [3.63, 3.8) is 0 Å². The van der Waals surface area contributed by atoms with Crippen LogP contribution in [0.2, 0.25) is 0 Å². The number of hydrogen-bond donors (Lipinski definition) is 2. The molecule has 3 amide bonds. The molecule has 8 heteroatoms. The van der Waals surface area contributed by atoms with Gasteiger partial charge in [-0.25, -0.2) is 0 Å². The standard InChI is InChI=1S/C21H21N3O5/c1-13(21(28)24-12-19(26)23-17-5-3-4-6-18(17)24)29-20(27)11-15-7-9-16(10-8-15)22-14(2)25/h3-10,13H,11-12H2,1-2H3,(H,22,25)(H,23,26)/t13-/m0/s1. The Balaban J connectivity index is 1.62. The topological polar surface area (TPSA) is 105 Å². The average molecular weight is 395 g/mol. The van der Waals surface area contributed by atoms with Crippen molar-refractivity contribution in [3.8, 4) is 0 Å². The Morgan fingerprint density at radius 3 is 2.52 bits per heavy atom. The molecular weight excluding hydrogens is 374 g/mol. The van der Waals surface area contributed by atoms with Crippen molar-refractivity contribution in [2.45, 2.75) is 26.4 Å². The number of benzene rings is 2. The van der Waals surface area contributed by atoms with Crippen molar-refractivity contribution < 1.29 is 23.9 Å². The third kappa shape index (κ3) is 4.98. The van der Waals surface area contributed by atoms with Crippen LogP contribution in [0.1, 0.15) is 19.4 Å². The molecule has 0 unspecified atom stereocenters. The Kier molecular flexibility index (Phi) is 5.92. The van der Waals surface area contributed by atoms with Crippen LogP contribution in [0.3, 0.4) is 0 Å². The fraction of sp³-hybridized carbons (Fsp3) is 0.238. The molecule has 1 aliphatic rings. The van der Waals surface area contributed by atoms with Crippen molar-refractivity contribution in [3.05, 3.63) is 54.1 Å². The number of anilines is 3. The summed E-state index contributed by atoms with van der Waals surface area (Å²) < 4.78 is 5.28. The lowest BCUT2D eigenvalue weighted by Crippen LogP contribution is -2.47. The molecule has 1 aliphatic heterocycles. The van der Waals surface area contributed by atoms with E-state index in [9.17, 15) is 19.2 Å². The summed E-state index contributed by atoms with van der Waals surface area (Å²) in [5.41, 5.74) is 2.41. The number of para-hydroxylation sites is 2. The molecule has 0 bridgehead atoms. The summed E-state index contributed by atoms with van der Waals surface area (Å²) in [7, 11) is 0. The van der Waals surface area contributed by atoms with Gasteiger partial charge in [-0.15, -0.1) is 0 Å². The molecule has 0 spiro atoms. The number of ether oxygens (including phenoxy) is 1. The molecule has 0 saturated carbocycles. The van der Waals surface area contributed by atoms with Gasteiger partial charge in [0.2, 0.25) is 11.8 Å². The summed E-state index contributed by atoms with van der Waals surface area (Å²) in [4.78, 5) is 49.2. The highest BCUT2D eigenvalue weighted by Gasteiger charge is 2.31. The molecule has 0 aliphatic carbocycles. The van der Waals surface area contributed by atoms with Gasteiger partial charge in [-0.05, 0) is 36.8 Å². The number of nitrogens with zero attached hydrogens (tertiary/aromatic N) is 1. The number of nitrogens with one attached hydrogen (secondary N) is 2. The van der Waals surface area contributed by atoms with Crippen LogP contribution in [0.15, 0.2) is 48.5 Å². The van der Waals surface area contributed by atoms with Gasteiger partial charge in [0.1, 0.15) is 6.54 Å². The molecule has 150 valence electrons. The zero-order chi connectivity index (χ0) is 21.0. The van der Waals surface area contributed by atoms with Crippen LogP contribution >= 0.6 is 0 Å². The predicted octanol–water partition coefficient (Wildman–Crippen LogP) is 2.10. The first-order chi connectivity index (χ1) is 13.8. The highest BCUT2D eigenvalue weighted by molar-refractivity contribution is 6.11. The third-order valence-electron chi connectivity index (χ3n) is 4.32. The maximum absolute atomic E-state index is 12.8. The van der Waals surface area contributed by atoms with Crippen molar-refractivity contribution in [1.29, 1.82) is 0 Å². The summed E-state index contributed by atoms with van der Waals surface area (Å²) in [5, 5.41) is 5.35. The zero-order valence-corrected chi connectivity index (χ0v) is 16.1. The summed E-state index contributed by atoms with van der Waals surface area (Å²) in [6.45, 7) is 2.76. The SMILES string of the molecule is CC(=O)Nc1ccc(CC(=O)O[C@@H](C)C(=O)N2CC(=O)Nc3ccccc32)cc1. The van der Waals surface area contributed by atoms with Crippen LogP contribution < -0.4 is 15.5 Å². The van der Waals surface area contributed by atoms with E-state index in [1.165, 1.54) is 18.7 Å². The van der Waals surface area contributed by atoms with Crippen molar-refractivity contribution in [2.24, 2.45) is 0 Å². The molecule has 1 heterocycles. The molecule has 8 nitrogen and oxygen atoms in total. The smallest absolute Gasteiger partial charge is 0.311 e. The maximum Gasteiger partial charge on any atom is 0.311 e. The molecule has 2 N–H and O–H groups in total. The molecule has 0 radical (unpaired) electrons. The van der Waals surface area contributed by atoms with Gasteiger partial charge in [0.05, 0.1) is 17.8 Å². The normalized spacial score (nSPS) is 13.7. The lowest BCUT2D eigenvalue weighted by Gasteiger charge is -2.30. The van der Waals surface area contributed by atoms with Gasteiger partial charge in [-0.3, -0.25) is 24.1 Å². The lowest BCUT2D eigenvalue weighted by atomic mass is 10.1. The molecule has 3 rings (SSSR count). The Bertz CT molecular complexity index is 955. The number of hydrogen-bond acceptors (Lipinski definition) is 5. The monoisotopic (exact) mass is 395 g/mol. The van der Waals surface area contributed by atoms with E-state index in [0.29, 0.717) is 22.6 Å². The van der Waals surface area contributed by atoms with Crippen LogP contribution in [0.25, 0.3) is 0 Å². The second kappa shape index (κ2) is 8.55. The minimum atomic E-state index is -1.04. The third-order valence-corrected chi connectivity index (χ3v) is 4.32. The number of carbonyl (C=O) groups is 4. The first-order valence-electron chi connectivity index (χ1n) is 9.10. The fourth-order valence-electron chi connectivity index (χ4n) is 3.01. The molecule has 0 aromatic heterocycles. The molecular formula is C21H21N3O5. The highest BCUT2D eigenvalue weighted by Crippen LogP contribution is 2.29. The molecule has 2 aromatic carbocycles. The van der Waals surface area contributed by atoms with E-state index >= 15 is 0 Å². The Labute approximate surface area is 167 Å². The van der Waals surface area contributed by atoms with E-state index in [1.54, 1.807) is 48.5 Å². The number of amides is 3. The Hall–Kier alpha value is -3.68. The van der Waals surface area contributed by atoms with Crippen LogP contribution in [-0.4, -0.2) is 36.3 Å². The van der Waals surface area contributed by atoms with Gasteiger partial charge in [0, 0.05) is 12.6 Å². The quantitative estimate of drug-likeness (QED) is 0.755. The molecule has 2 aromatic rings. The predicted molar refractivity (Wildman–Crippen MR) is 107 cm³/mol. The van der Waals surface area contributed by atoms with Gasteiger partial charge in [0.25, 0.3) is 5.91 Å². The molecule has 1 atom stereocenters. The van der Waals surface area contributed by atoms with Gasteiger partial charge < -0.3 is 15.4 Å². The van der Waals surface area contributed by atoms with E-state index in [-0.39, 0.29) is 24.8 Å². The summed E-state index contributed by atoms with van der Waals surface area (Å²) in [6.07, 6.45) is -1.06. The van der Waals surface area contributed by atoms with Crippen LogP contribution in [0.5, 0.6) is 0 Å². The number of fused-ring (bicyclic) bond motifs is 1. The van der Waals surface area contributed by atoms with Crippen molar-refractivity contribution in [1.82, 2.24) is 0 Å². The Morgan fingerprint density at radius 1 is 1.14 bits per heavy atom. The minimum absolute atomic E-state index is 0.0188. The van der Waals surface area contributed by atoms with E-state index in [2.05, 4.69) is 10.6 Å². The second-order valence-electron chi connectivity index (χ2n) is 6.68. The van der Waals surface area contributed by atoms with Gasteiger partial charge in [-0.2, -0.15) is 0 Å². The van der Waals surface area contributed by atoms with Crippen molar-refractivity contribution in [2.75, 3.05) is 22.1 Å². The first-order valence-corrected chi connectivity index (χ1v) is 9.10. The van der Waals surface area contributed by atoms with E-state index < -0.39 is 18.0 Å². The number of esters is 1. The summed E-state index contributed by atoms with van der Waals surface area (Å²) in [6, 6.07) is 13.7. The highest BCUT2D eigenvalue weighted by atomic mass is 16.5. The van der Waals surface area contributed by atoms with E-state index in [4.69, 9.17) is 4.74 Å². The first kappa shape index (κ1) is 20.1. The van der Waals surface area contributed by atoms with Crippen LogP contribution in [-0.2, 0) is 30.3 Å². The van der Waals surface area contributed by atoms with Gasteiger partial charge >= 0.3 is 5.97 Å². The van der Waals surface area contributed by atoms with E-state index in [0.717, 1.165) is 0 Å². The fourth-order valence-corrected chi connectivity index (χ4v) is 3.01. The molecule has 29 heavy (non-hydrogen) atoms. The molecule has 0 saturated heterocycles. The Morgan fingerprint density at radius 2 is 1.83 bits per heavy atom. The van der Waals surface area contributed by atoms with Gasteiger partial charge in [0.15, 0.2) is 6.10 Å². The summed E-state index contributed by atoms with van der Waals surface area (Å²) in [5.74, 6) is -1.53. The van der Waals surface area contributed by atoms with Crippen molar-refractivity contribution >= 4 is 40.8 Å². The van der Waals surface area contributed by atoms with Crippen LogP contribution in [0, 0.1) is 0 Å².